The molecule has 0 saturated heterocycles. The summed E-state index contributed by atoms with van der Waals surface area (Å²) in [4.78, 5) is 9.99. The molecule has 0 aliphatic heterocycles. The monoisotopic (exact) mass is 274 g/mol. The second kappa shape index (κ2) is 14.8. The molecule has 80 valence electrons. The Balaban J connectivity index is -0.0000000883. The summed E-state index contributed by atoms with van der Waals surface area (Å²) in [7, 11) is 0. The molecule has 0 spiro atoms. The van der Waals surface area contributed by atoms with E-state index >= 15 is 0 Å². The molecule has 0 heterocycles. The van der Waals surface area contributed by atoms with Crippen LogP contribution in [-0.4, -0.2) is 91.8 Å². The van der Waals surface area contributed by atoms with E-state index in [0.717, 1.165) is 0 Å². The summed E-state index contributed by atoms with van der Waals surface area (Å²) >= 11 is 8.15. The third-order valence-electron chi connectivity index (χ3n) is 0.641. The number of hydrogen-bond donors (Lipinski definition) is 4. The van der Waals surface area contributed by atoms with Crippen LogP contribution in [0.5, 0.6) is 0 Å². The molecule has 0 saturated carbocycles. The average molecular weight is 274 g/mol. The van der Waals surface area contributed by atoms with Gasteiger partial charge in [0.25, 0.3) is 10.3 Å². The Morgan fingerprint density at radius 2 is 1.53 bits per heavy atom. The molecule has 0 aromatic carbocycles. The minimum atomic E-state index is -1.08. The summed E-state index contributed by atoms with van der Waals surface area (Å²) in [6.45, 7) is 1.35. The van der Waals surface area contributed by atoms with Crippen LogP contribution in [0.4, 0.5) is 0 Å². The molecule has 1 atom stereocenters. The Labute approximate surface area is 142 Å². The van der Waals surface area contributed by atoms with Gasteiger partial charge in [0.15, 0.2) is 6.10 Å². The molecule has 0 bridgehead atoms. The van der Waals surface area contributed by atoms with E-state index in [2.05, 4.69) is 34.9 Å². The van der Waals surface area contributed by atoms with Gasteiger partial charge in [0, 0.05) is 0 Å². The number of aliphatic hydroxyl groups excluding tert-OH is 1. The van der Waals surface area contributed by atoms with Crippen LogP contribution in [0.15, 0.2) is 0 Å². The van der Waals surface area contributed by atoms with Crippen LogP contribution in [-0.2, 0) is 9.53 Å². The van der Waals surface area contributed by atoms with Crippen molar-refractivity contribution in [3.8, 4) is 0 Å². The van der Waals surface area contributed by atoms with Crippen LogP contribution < -0.4 is 11.5 Å². The zero-order valence-corrected chi connectivity index (χ0v) is 8.39. The molecule has 6 nitrogen and oxygen atoms in total. The summed E-state index contributed by atoms with van der Waals surface area (Å²) in [6.07, 6.45) is -0.956. The third-order valence-corrected chi connectivity index (χ3v) is 0.737. The quantitative estimate of drug-likeness (QED) is 0.344. The van der Waals surface area contributed by atoms with E-state index in [1.54, 1.807) is 0 Å². The van der Waals surface area contributed by atoms with Crippen molar-refractivity contribution in [3.63, 3.8) is 0 Å². The van der Waals surface area contributed by atoms with Gasteiger partial charge in [0.05, 0.1) is 0 Å². The van der Waals surface area contributed by atoms with Crippen LogP contribution in [0.25, 0.3) is 0 Å². The van der Waals surface area contributed by atoms with Gasteiger partial charge in [-0.25, -0.2) is 4.79 Å². The van der Waals surface area contributed by atoms with Gasteiger partial charge in [0.1, 0.15) is 0 Å². The number of carboxylic acids is 1. The Morgan fingerprint density at radius 3 is 1.60 bits per heavy atom. The Kier molecular flexibility index (Phi) is 24.6. The molecule has 10 heteroatoms. The van der Waals surface area contributed by atoms with Crippen LogP contribution >= 0.6 is 24.4 Å². The molecule has 0 fully saturated rings. The molecule has 6 N–H and O–H groups in total. The fraction of sp³-hybridized carbons (Fsp3) is 0.400. The van der Waals surface area contributed by atoms with Gasteiger partial charge in [-0.1, -0.05) is 0 Å². The molecule has 0 aromatic heterocycles. The SMILES string of the molecule is CC(OC(N)=S)C(=O)O.NC(O)=S.[NaH].[NaH]. The molecule has 0 aromatic rings. The van der Waals surface area contributed by atoms with E-state index in [0.29, 0.717) is 0 Å². The molecule has 0 amide bonds. The fourth-order valence-electron chi connectivity index (χ4n) is 0.225. The van der Waals surface area contributed by atoms with Gasteiger partial charge in [-0.05, 0) is 31.4 Å². The van der Waals surface area contributed by atoms with Crippen molar-refractivity contribution in [1.29, 1.82) is 0 Å². The van der Waals surface area contributed by atoms with Crippen molar-refractivity contribution >= 4 is 99.9 Å². The van der Waals surface area contributed by atoms with E-state index in [9.17, 15) is 4.79 Å². The molecular weight excluding hydrogens is 262 g/mol. The number of nitrogens with two attached hydrogens (primary N) is 2. The topological polar surface area (TPSA) is 119 Å². The van der Waals surface area contributed by atoms with Gasteiger partial charge in [-0.15, -0.1) is 0 Å². The zero-order valence-electron chi connectivity index (χ0n) is 6.76. The summed E-state index contributed by atoms with van der Waals surface area (Å²) in [5, 5.41) is 15.0. The summed E-state index contributed by atoms with van der Waals surface area (Å²) in [5.41, 5.74) is 9.28. The second-order valence-electron chi connectivity index (χ2n) is 1.76. The van der Waals surface area contributed by atoms with E-state index in [1.165, 1.54) is 6.92 Å². The first-order chi connectivity index (χ1) is 5.77. The van der Waals surface area contributed by atoms with Crippen LogP contribution in [0.2, 0.25) is 0 Å². The van der Waals surface area contributed by atoms with Gasteiger partial charge in [0.2, 0.25) is 0 Å². The maximum absolute atomic E-state index is 9.99. The molecular formula is C5H12N2Na2O4S2. The van der Waals surface area contributed by atoms with Crippen molar-refractivity contribution < 1.29 is 19.7 Å². The standard InChI is InChI=1S/C4H7NO3S.CH3NOS.2Na.2H/c1-2(3(6)7)8-4(5)9;2-1(3)4;;;;/h2H,1H3,(H2,5,9)(H,6,7);(H3,2,3,4);;;;. The molecule has 0 aliphatic carbocycles. The third kappa shape index (κ3) is 31.3. The Hall–Kier alpha value is 0.850. The van der Waals surface area contributed by atoms with Crippen LogP contribution in [0.1, 0.15) is 6.92 Å². The second-order valence-corrected chi connectivity index (χ2v) is 2.58. The number of ether oxygens (including phenoxy) is 1. The van der Waals surface area contributed by atoms with Crippen LogP contribution in [0.3, 0.4) is 0 Å². The predicted molar refractivity (Wildman–Crippen MR) is 68.7 cm³/mol. The summed E-state index contributed by atoms with van der Waals surface area (Å²) in [6, 6.07) is 0. The normalized spacial score (nSPS) is 8.87. The first kappa shape index (κ1) is 24.9. The number of hydrogen-bond acceptors (Lipinski definition) is 4. The molecule has 15 heavy (non-hydrogen) atoms. The number of aliphatic hydroxyl groups is 1. The molecule has 0 radical (unpaired) electrons. The van der Waals surface area contributed by atoms with E-state index in [-0.39, 0.29) is 64.3 Å². The van der Waals surface area contributed by atoms with E-state index in [4.69, 9.17) is 15.9 Å². The van der Waals surface area contributed by atoms with E-state index in [1.807, 2.05) is 0 Å². The van der Waals surface area contributed by atoms with Crippen LogP contribution in [0, 0.1) is 0 Å². The predicted octanol–water partition coefficient (Wildman–Crippen LogP) is -1.79. The number of thiocarbonyl (C=S) groups is 2. The van der Waals surface area contributed by atoms with Gasteiger partial charge < -0.3 is 26.4 Å². The zero-order chi connectivity index (χ0) is 11.0. The number of rotatable bonds is 2. The first-order valence-corrected chi connectivity index (χ1v) is 3.76. The van der Waals surface area contributed by atoms with Crippen molar-refractivity contribution in [2.24, 2.45) is 11.5 Å². The van der Waals surface area contributed by atoms with Gasteiger partial charge in [-0.2, -0.15) is 0 Å². The molecule has 1 unspecified atom stereocenters. The fourth-order valence-corrected chi connectivity index (χ4v) is 0.369. The van der Waals surface area contributed by atoms with E-state index < -0.39 is 17.2 Å². The number of carboxylic acid groups (broad SMARTS) is 1. The van der Waals surface area contributed by atoms with Gasteiger partial charge >= 0.3 is 65.1 Å². The Bertz CT molecular complexity index is 213. The Morgan fingerprint density at radius 1 is 1.27 bits per heavy atom. The van der Waals surface area contributed by atoms with Gasteiger partial charge in [-0.3, -0.25) is 0 Å². The number of aliphatic carboxylic acids is 1. The minimum absolute atomic E-state index is 0. The van der Waals surface area contributed by atoms with Crippen molar-refractivity contribution in [2.45, 2.75) is 13.0 Å². The average Bonchev–Trinajstić information content (AvgIpc) is 1.83. The summed E-state index contributed by atoms with van der Waals surface area (Å²) < 4.78 is 4.42. The van der Waals surface area contributed by atoms with Crippen molar-refractivity contribution in [3.05, 3.63) is 0 Å². The number of carbonyl (C=O) groups is 1. The summed E-state index contributed by atoms with van der Waals surface area (Å²) in [5.74, 6) is -1.08. The van der Waals surface area contributed by atoms with Crippen molar-refractivity contribution in [2.75, 3.05) is 0 Å². The molecule has 0 rings (SSSR count). The molecule has 0 aliphatic rings. The maximum atomic E-state index is 9.99. The van der Waals surface area contributed by atoms with Crippen molar-refractivity contribution in [1.82, 2.24) is 0 Å². The first-order valence-electron chi connectivity index (χ1n) is 2.94.